The summed E-state index contributed by atoms with van der Waals surface area (Å²) < 4.78 is 5.19. The number of anilines is 2. The molecule has 35 heavy (non-hydrogen) atoms. The summed E-state index contributed by atoms with van der Waals surface area (Å²) in [7, 11) is 1.63. The molecule has 2 N–H and O–H groups in total. The quantitative estimate of drug-likeness (QED) is 0.269. The number of carbonyl (C=O) groups is 2. The number of carbonyl (C=O) groups excluding carboxylic acids is 2. The molecule has 1 unspecified atom stereocenters. The smallest absolute Gasteiger partial charge is 0.239 e. The minimum absolute atomic E-state index is 0.0828. The van der Waals surface area contributed by atoms with Crippen LogP contribution in [0.4, 0.5) is 10.8 Å². The number of hydrogen-bond donors (Lipinski definition) is 2. The van der Waals surface area contributed by atoms with Crippen LogP contribution in [0.5, 0.6) is 5.75 Å². The SMILES string of the molecule is COc1ccc(-c2csc(NC(=O)C(C)Sc3cccc(NC(=O)Cc4ccccc4)c3)n2)cc1. The van der Waals surface area contributed by atoms with Gasteiger partial charge in [0.05, 0.1) is 24.5 Å². The van der Waals surface area contributed by atoms with E-state index in [0.29, 0.717) is 17.2 Å². The maximum absolute atomic E-state index is 12.8. The van der Waals surface area contributed by atoms with E-state index in [1.807, 2.05) is 91.2 Å². The Bertz CT molecular complexity index is 1290. The lowest BCUT2D eigenvalue weighted by Crippen LogP contribution is -2.22. The third kappa shape index (κ3) is 6.94. The van der Waals surface area contributed by atoms with Crippen molar-refractivity contribution in [2.24, 2.45) is 0 Å². The highest BCUT2D eigenvalue weighted by Crippen LogP contribution is 2.29. The number of aromatic nitrogens is 1. The second-order valence-electron chi connectivity index (χ2n) is 7.75. The molecule has 0 aliphatic carbocycles. The van der Waals surface area contributed by atoms with Gasteiger partial charge < -0.3 is 15.4 Å². The zero-order valence-electron chi connectivity index (χ0n) is 19.4. The molecule has 3 aromatic carbocycles. The Hall–Kier alpha value is -3.62. The molecule has 1 aromatic heterocycles. The van der Waals surface area contributed by atoms with Crippen LogP contribution in [0.3, 0.4) is 0 Å². The van der Waals surface area contributed by atoms with Crippen LogP contribution in [0.25, 0.3) is 11.3 Å². The molecule has 1 heterocycles. The summed E-state index contributed by atoms with van der Waals surface area (Å²) in [4.78, 5) is 30.6. The summed E-state index contributed by atoms with van der Waals surface area (Å²) >= 11 is 2.81. The largest absolute Gasteiger partial charge is 0.497 e. The fourth-order valence-electron chi connectivity index (χ4n) is 3.32. The van der Waals surface area contributed by atoms with E-state index in [2.05, 4.69) is 15.6 Å². The lowest BCUT2D eigenvalue weighted by atomic mass is 10.1. The van der Waals surface area contributed by atoms with Gasteiger partial charge in [-0.1, -0.05) is 36.4 Å². The van der Waals surface area contributed by atoms with Crippen molar-refractivity contribution in [3.63, 3.8) is 0 Å². The number of thiazole rings is 1. The lowest BCUT2D eigenvalue weighted by molar-refractivity contribution is -0.116. The van der Waals surface area contributed by atoms with Crippen molar-refractivity contribution in [1.29, 1.82) is 0 Å². The fraction of sp³-hybridized carbons (Fsp3) is 0.148. The molecule has 0 aliphatic heterocycles. The van der Waals surface area contributed by atoms with E-state index in [4.69, 9.17) is 4.74 Å². The predicted octanol–water partition coefficient (Wildman–Crippen LogP) is 6.12. The molecule has 1 atom stereocenters. The molecule has 2 amide bonds. The normalized spacial score (nSPS) is 11.5. The summed E-state index contributed by atoms with van der Waals surface area (Å²) in [5.74, 6) is 0.563. The third-order valence-corrected chi connectivity index (χ3v) is 6.98. The number of nitrogens with one attached hydrogen (secondary N) is 2. The molecular formula is C27H25N3O3S2. The molecule has 178 valence electrons. The predicted molar refractivity (Wildman–Crippen MR) is 143 cm³/mol. The number of rotatable bonds is 9. The number of amides is 2. The zero-order chi connectivity index (χ0) is 24.6. The Morgan fingerprint density at radius 3 is 2.51 bits per heavy atom. The van der Waals surface area contributed by atoms with Crippen LogP contribution in [0.2, 0.25) is 0 Å². The van der Waals surface area contributed by atoms with Crippen molar-refractivity contribution >= 4 is 45.7 Å². The molecule has 0 saturated heterocycles. The maximum atomic E-state index is 12.8. The van der Waals surface area contributed by atoms with Gasteiger partial charge in [-0.05, 0) is 55.0 Å². The number of thioether (sulfide) groups is 1. The van der Waals surface area contributed by atoms with Crippen LogP contribution in [0.15, 0.2) is 89.1 Å². The topological polar surface area (TPSA) is 80.3 Å². The summed E-state index contributed by atoms with van der Waals surface area (Å²) in [6, 6.07) is 24.7. The summed E-state index contributed by atoms with van der Waals surface area (Å²) in [6.07, 6.45) is 0.309. The lowest BCUT2D eigenvalue weighted by Gasteiger charge is -2.12. The minimum atomic E-state index is -0.349. The van der Waals surface area contributed by atoms with Gasteiger partial charge in [0.25, 0.3) is 0 Å². The molecule has 0 fully saturated rings. The van der Waals surface area contributed by atoms with E-state index in [1.54, 1.807) is 7.11 Å². The number of benzene rings is 3. The van der Waals surface area contributed by atoms with Crippen molar-refractivity contribution < 1.29 is 14.3 Å². The first-order valence-corrected chi connectivity index (χ1v) is 12.8. The molecule has 4 rings (SSSR count). The van der Waals surface area contributed by atoms with E-state index in [9.17, 15) is 9.59 Å². The molecule has 0 radical (unpaired) electrons. The average Bonchev–Trinajstić information content (AvgIpc) is 3.33. The van der Waals surface area contributed by atoms with E-state index < -0.39 is 0 Å². The Kier molecular flexibility index (Phi) is 8.18. The standard InChI is InChI=1S/C27H25N3O3S2/c1-18(26(32)30-27-29-24(17-34-27)20-11-13-22(33-2)14-12-20)35-23-10-6-9-21(16-23)28-25(31)15-19-7-4-3-5-8-19/h3-14,16-18H,15H2,1-2H3,(H,28,31)(H,29,30,32). The van der Waals surface area contributed by atoms with E-state index in [0.717, 1.165) is 27.5 Å². The highest BCUT2D eigenvalue weighted by atomic mass is 32.2. The van der Waals surface area contributed by atoms with Gasteiger partial charge in [-0.25, -0.2) is 4.98 Å². The first kappa shape index (κ1) is 24.5. The Labute approximate surface area is 212 Å². The molecule has 8 heteroatoms. The Morgan fingerprint density at radius 1 is 1.00 bits per heavy atom. The van der Waals surface area contributed by atoms with Gasteiger partial charge in [0.1, 0.15) is 5.75 Å². The zero-order valence-corrected chi connectivity index (χ0v) is 21.0. The summed E-state index contributed by atoms with van der Waals surface area (Å²) in [5, 5.41) is 7.95. The summed E-state index contributed by atoms with van der Waals surface area (Å²) in [6.45, 7) is 1.85. The molecule has 0 spiro atoms. The van der Waals surface area contributed by atoms with Crippen LogP contribution in [0, 0.1) is 0 Å². The van der Waals surface area contributed by atoms with Crippen LogP contribution < -0.4 is 15.4 Å². The monoisotopic (exact) mass is 503 g/mol. The highest BCUT2D eigenvalue weighted by molar-refractivity contribution is 8.00. The van der Waals surface area contributed by atoms with E-state index in [-0.39, 0.29) is 17.1 Å². The molecular weight excluding hydrogens is 478 g/mol. The minimum Gasteiger partial charge on any atom is -0.497 e. The molecule has 0 saturated carbocycles. The number of hydrogen-bond acceptors (Lipinski definition) is 6. The van der Waals surface area contributed by atoms with Crippen LogP contribution in [-0.2, 0) is 16.0 Å². The molecule has 0 aliphatic rings. The second-order valence-corrected chi connectivity index (χ2v) is 10.0. The van der Waals surface area contributed by atoms with Crippen LogP contribution >= 0.6 is 23.1 Å². The highest BCUT2D eigenvalue weighted by Gasteiger charge is 2.17. The second kappa shape index (κ2) is 11.7. The van der Waals surface area contributed by atoms with Crippen LogP contribution in [0.1, 0.15) is 12.5 Å². The molecule has 4 aromatic rings. The van der Waals surface area contributed by atoms with Gasteiger partial charge in [-0.15, -0.1) is 23.1 Å². The van der Waals surface area contributed by atoms with Crippen molar-refractivity contribution in [2.75, 3.05) is 17.7 Å². The van der Waals surface area contributed by atoms with Crippen molar-refractivity contribution in [2.45, 2.75) is 23.5 Å². The number of ether oxygens (including phenoxy) is 1. The van der Waals surface area contributed by atoms with Gasteiger partial charge in [-0.3, -0.25) is 9.59 Å². The van der Waals surface area contributed by atoms with Crippen molar-refractivity contribution in [3.05, 3.63) is 89.8 Å². The Balaban J connectivity index is 1.32. The molecule has 0 bridgehead atoms. The van der Waals surface area contributed by atoms with E-state index in [1.165, 1.54) is 23.1 Å². The number of methoxy groups -OCH3 is 1. The summed E-state index contributed by atoms with van der Waals surface area (Å²) in [5.41, 5.74) is 3.41. The van der Waals surface area contributed by atoms with Gasteiger partial charge in [0.2, 0.25) is 11.8 Å². The van der Waals surface area contributed by atoms with Gasteiger partial charge in [0, 0.05) is 21.5 Å². The maximum Gasteiger partial charge on any atom is 0.239 e. The van der Waals surface area contributed by atoms with Crippen LogP contribution in [-0.4, -0.2) is 29.2 Å². The molecule has 6 nitrogen and oxygen atoms in total. The number of nitrogens with zero attached hydrogens (tertiary/aromatic N) is 1. The van der Waals surface area contributed by atoms with Crippen molar-refractivity contribution in [3.8, 4) is 17.0 Å². The first-order valence-electron chi connectivity index (χ1n) is 11.0. The Morgan fingerprint density at radius 2 is 1.77 bits per heavy atom. The fourth-order valence-corrected chi connectivity index (χ4v) is 4.97. The first-order chi connectivity index (χ1) is 17.0. The van der Waals surface area contributed by atoms with E-state index >= 15 is 0 Å². The van der Waals surface area contributed by atoms with Gasteiger partial charge in [0.15, 0.2) is 5.13 Å². The van der Waals surface area contributed by atoms with Crippen molar-refractivity contribution in [1.82, 2.24) is 4.98 Å². The third-order valence-electron chi connectivity index (χ3n) is 5.13. The van der Waals surface area contributed by atoms with Gasteiger partial charge >= 0.3 is 0 Å². The van der Waals surface area contributed by atoms with Gasteiger partial charge in [-0.2, -0.15) is 0 Å². The average molecular weight is 504 g/mol.